The van der Waals surface area contributed by atoms with E-state index in [2.05, 4.69) is 20.9 Å². The highest BCUT2D eigenvalue weighted by Gasteiger charge is 2.19. The normalized spacial score (nSPS) is 15.1. The van der Waals surface area contributed by atoms with Gasteiger partial charge in [-0.05, 0) is 35.0 Å². The van der Waals surface area contributed by atoms with Crippen LogP contribution in [-0.4, -0.2) is 24.2 Å². The van der Waals surface area contributed by atoms with Crippen molar-refractivity contribution in [3.8, 4) is 0 Å². The molecule has 2 N–H and O–H groups in total. The Morgan fingerprint density at radius 2 is 2.29 bits per heavy atom. The minimum absolute atomic E-state index is 0.352. The van der Waals surface area contributed by atoms with Crippen LogP contribution in [-0.2, 0) is 11.2 Å². The van der Waals surface area contributed by atoms with Crippen molar-refractivity contribution in [2.24, 2.45) is 5.73 Å². The molecular weight excluding hydrogens is 244 g/mol. The minimum atomic E-state index is -0.352. The fourth-order valence-corrected chi connectivity index (χ4v) is 1.54. The quantitative estimate of drug-likeness (QED) is 0.896. The number of nitrogens with two attached hydrogens (primary N) is 1. The fraction of sp³-hybridized carbons (Fsp3) is 0.500. The SMILES string of the molecule is COCC(C)(N)Cc1ccc(Br)cn1. The number of nitrogens with zero attached hydrogens (tertiary/aromatic N) is 1. The number of rotatable bonds is 4. The third-order valence-electron chi connectivity index (χ3n) is 1.85. The number of pyridine rings is 1. The first kappa shape index (κ1) is 11.6. The lowest BCUT2D eigenvalue weighted by atomic mass is 9.98. The van der Waals surface area contributed by atoms with Gasteiger partial charge in [0, 0.05) is 35.4 Å². The third-order valence-corrected chi connectivity index (χ3v) is 2.32. The van der Waals surface area contributed by atoms with E-state index in [1.807, 2.05) is 19.1 Å². The molecule has 1 atom stereocenters. The van der Waals surface area contributed by atoms with Crippen LogP contribution < -0.4 is 5.73 Å². The lowest BCUT2D eigenvalue weighted by Gasteiger charge is -2.22. The summed E-state index contributed by atoms with van der Waals surface area (Å²) in [6, 6.07) is 3.93. The molecule has 0 aliphatic carbocycles. The maximum absolute atomic E-state index is 6.02. The molecule has 0 saturated heterocycles. The van der Waals surface area contributed by atoms with Gasteiger partial charge in [-0.2, -0.15) is 0 Å². The van der Waals surface area contributed by atoms with Crippen LogP contribution in [0.25, 0.3) is 0 Å². The Balaban J connectivity index is 2.64. The molecule has 0 spiro atoms. The number of methoxy groups -OCH3 is 1. The van der Waals surface area contributed by atoms with Gasteiger partial charge in [0.1, 0.15) is 0 Å². The zero-order valence-electron chi connectivity index (χ0n) is 8.46. The second-order valence-electron chi connectivity index (χ2n) is 3.73. The fourth-order valence-electron chi connectivity index (χ4n) is 1.31. The molecule has 1 rings (SSSR count). The van der Waals surface area contributed by atoms with E-state index >= 15 is 0 Å². The summed E-state index contributed by atoms with van der Waals surface area (Å²) in [5, 5.41) is 0. The second kappa shape index (κ2) is 4.87. The lowest BCUT2D eigenvalue weighted by molar-refractivity contribution is 0.140. The first-order chi connectivity index (χ1) is 6.53. The van der Waals surface area contributed by atoms with E-state index in [1.165, 1.54) is 0 Å². The first-order valence-corrected chi connectivity index (χ1v) is 5.21. The van der Waals surface area contributed by atoms with Crippen molar-refractivity contribution in [3.05, 3.63) is 28.5 Å². The Morgan fingerprint density at radius 3 is 2.79 bits per heavy atom. The molecule has 14 heavy (non-hydrogen) atoms. The van der Waals surface area contributed by atoms with Crippen molar-refractivity contribution < 1.29 is 4.74 Å². The van der Waals surface area contributed by atoms with E-state index < -0.39 is 0 Å². The second-order valence-corrected chi connectivity index (χ2v) is 4.65. The molecule has 78 valence electrons. The zero-order valence-corrected chi connectivity index (χ0v) is 10.0. The highest BCUT2D eigenvalue weighted by Crippen LogP contribution is 2.12. The largest absolute Gasteiger partial charge is 0.383 e. The van der Waals surface area contributed by atoms with E-state index in [4.69, 9.17) is 10.5 Å². The Hall–Kier alpha value is -0.450. The number of aromatic nitrogens is 1. The van der Waals surface area contributed by atoms with Gasteiger partial charge in [-0.1, -0.05) is 0 Å². The predicted molar refractivity (Wildman–Crippen MR) is 60.1 cm³/mol. The van der Waals surface area contributed by atoms with Gasteiger partial charge < -0.3 is 10.5 Å². The van der Waals surface area contributed by atoms with Gasteiger partial charge in [-0.25, -0.2) is 0 Å². The van der Waals surface area contributed by atoms with Crippen LogP contribution in [0.5, 0.6) is 0 Å². The zero-order chi connectivity index (χ0) is 10.6. The van der Waals surface area contributed by atoms with Gasteiger partial charge in [0.25, 0.3) is 0 Å². The molecule has 1 aromatic heterocycles. The van der Waals surface area contributed by atoms with Crippen molar-refractivity contribution in [1.82, 2.24) is 4.98 Å². The maximum atomic E-state index is 6.02. The first-order valence-electron chi connectivity index (χ1n) is 4.42. The highest BCUT2D eigenvalue weighted by molar-refractivity contribution is 9.10. The standard InChI is InChI=1S/C10H15BrN2O/c1-10(12,7-14-2)5-9-4-3-8(11)6-13-9/h3-4,6H,5,7,12H2,1-2H3. The summed E-state index contributed by atoms with van der Waals surface area (Å²) >= 11 is 3.34. The lowest BCUT2D eigenvalue weighted by Crippen LogP contribution is -2.43. The molecule has 0 aromatic carbocycles. The minimum Gasteiger partial charge on any atom is -0.383 e. The van der Waals surface area contributed by atoms with E-state index in [0.29, 0.717) is 13.0 Å². The molecule has 0 aliphatic rings. The Morgan fingerprint density at radius 1 is 1.57 bits per heavy atom. The van der Waals surface area contributed by atoms with Crippen molar-refractivity contribution in [3.63, 3.8) is 0 Å². The van der Waals surface area contributed by atoms with Crippen LogP contribution in [0.4, 0.5) is 0 Å². The van der Waals surface area contributed by atoms with E-state index in [1.54, 1.807) is 13.3 Å². The number of hydrogen-bond acceptors (Lipinski definition) is 3. The molecule has 4 heteroatoms. The Bertz CT molecular complexity index is 285. The van der Waals surface area contributed by atoms with Crippen molar-refractivity contribution >= 4 is 15.9 Å². The molecule has 1 aromatic rings. The van der Waals surface area contributed by atoms with E-state index in [0.717, 1.165) is 10.2 Å². The Kier molecular flexibility index (Phi) is 4.04. The van der Waals surface area contributed by atoms with Gasteiger partial charge in [0.15, 0.2) is 0 Å². The molecule has 1 heterocycles. The van der Waals surface area contributed by atoms with Gasteiger partial charge in [-0.15, -0.1) is 0 Å². The summed E-state index contributed by atoms with van der Waals surface area (Å²) in [4.78, 5) is 4.26. The third kappa shape index (κ3) is 3.74. The van der Waals surface area contributed by atoms with Gasteiger partial charge >= 0.3 is 0 Å². The Labute approximate surface area is 92.8 Å². The predicted octanol–water partition coefficient (Wildman–Crippen LogP) is 1.75. The monoisotopic (exact) mass is 258 g/mol. The average molecular weight is 259 g/mol. The average Bonchev–Trinajstić information content (AvgIpc) is 2.08. The molecule has 0 saturated carbocycles. The summed E-state index contributed by atoms with van der Waals surface area (Å²) in [6.07, 6.45) is 2.49. The molecular formula is C10H15BrN2O. The van der Waals surface area contributed by atoms with Gasteiger partial charge in [0.05, 0.1) is 6.61 Å². The summed E-state index contributed by atoms with van der Waals surface area (Å²) in [5.41, 5.74) is 6.65. The summed E-state index contributed by atoms with van der Waals surface area (Å²) < 4.78 is 6.02. The van der Waals surface area contributed by atoms with Gasteiger partial charge in [-0.3, -0.25) is 4.98 Å². The number of halogens is 1. The van der Waals surface area contributed by atoms with Crippen LogP contribution in [0, 0.1) is 0 Å². The van der Waals surface area contributed by atoms with Crippen molar-refractivity contribution in [2.75, 3.05) is 13.7 Å². The summed E-state index contributed by atoms with van der Waals surface area (Å²) in [6.45, 7) is 2.49. The van der Waals surface area contributed by atoms with Crippen LogP contribution in [0.2, 0.25) is 0 Å². The summed E-state index contributed by atoms with van der Waals surface area (Å²) in [5.74, 6) is 0. The van der Waals surface area contributed by atoms with Crippen LogP contribution >= 0.6 is 15.9 Å². The van der Waals surface area contributed by atoms with Crippen molar-refractivity contribution in [2.45, 2.75) is 18.9 Å². The van der Waals surface area contributed by atoms with E-state index in [9.17, 15) is 0 Å². The maximum Gasteiger partial charge on any atom is 0.0643 e. The molecule has 0 fully saturated rings. The van der Waals surface area contributed by atoms with Gasteiger partial charge in [0.2, 0.25) is 0 Å². The van der Waals surface area contributed by atoms with Crippen LogP contribution in [0.15, 0.2) is 22.8 Å². The molecule has 1 unspecified atom stereocenters. The smallest absolute Gasteiger partial charge is 0.0643 e. The molecule has 0 amide bonds. The van der Waals surface area contributed by atoms with Crippen LogP contribution in [0.1, 0.15) is 12.6 Å². The summed E-state index contributed by atoms with van der Waals surface area (Å²) in [7, 11) is 1.65. The van der Waals surface area contributed by atoms with Crippen LogP contribution in [0.3, 0.4) is 0 Å². The molecule has 0 bridgehead atoms. The molecule has 0 radical (unpaired) electrons. The molecule has 0 aliphatic heterocycles. The topological polar surface area (TPSA) is 48.1 Å². The van der Waals surface area contributed by atoms with Crippen molar-refractivity contribution in [1.29, 1.82) is 0 Å². The number of ether oxygens (including phenoxy) is 1. The highest BCUT2D eigenvalue weighted by atomic mass is 79.9. The molecule has 3 nitrogen and oxygen atoms in total. The number of hydrogen-bond donors (Lipinski definition) is 1. The van der Waals surface area contributed by atoms with E-state index in [-0.39, 0.29) is 5.54 Å².